The topological polar surface area (TPSA) is 84.2 Å². The third-order valence-corrected chi connectivity index (χ3v) is 3.73. The SMILES string of the molecule is Cc1nc(-c2cccc(F)c2)n(CC(=O)NC(C)(C)C)c(=O)c1CCO. The van der Waals surface area contributed by atoms with Gasteiger partial charge in [0.05, 0.1) is 0 Å². The third-order valence-electron chi connectivity index (χ3n) is 3.73. The molecule has 0 radical (unpaired) electrons. The molecule has 0 atom stereocenters. The minimum absolute atomic E-state index is 0.141. The highest BCUT2D eigenvalue weighted by molar-refractivity contribution is 5.77. The number of aromatic nitrogens is 2. The second-order valence-electron chi connectivity index (χ2n) is 7.17. The van der Waals surface area contributed by atoms with Gasteiger partial charge in [0.2, 0.25) is 5.91 Å². The van der Waals surface area contributed by atoms with Crippen molar-refractivity contribution < 1.29 is 14.3 Å². The van der Waals surface area contributed by atoms with Gasteiger partial charge in [-0.1, -0.05) is 12.1 Å². The number of halogens is 1. The van der Waals surface area contributed by atoms with Crippen LogP contribution in [0.4, 0.5) is 4.39 Å². The molecule has 140 valence electrons. The number of rotatable bonds is 5. The molecule has 0 fully saturated rings. The summed E-state index contributed by atoms with van der Waals surface area (Å²) < 4.78 is 14.9. The minimum Gasteiger partial charge on any atom is -0.396 e. The Morgan fingerprint density at radius 3 is 2.62 bits per heavy atom. The lowest BCUT2D eigenvalue weighted by atomic mass is 10.1. The Balaban J connectivity index is 2.59. The normalized spacial score (nSPS) is 11.5. The molecule has 2 aromatic rings. The van der Waals surface area contributed by atoms with Gasteiger partial charge in [-0.25, -0.2) is 9.37 Å². The molecule has 0 bridgehead atoms. The molecular weight excluding hydrogens is 337 g/mol. The van der Waals surface area contributed by atoms with Crippen LogP contribution in [0.3, 0.4) is 0 Å². The van der Waals surface area contributed by atoms with E-state index in [1.807, 2.05) is 20.8 Å². The Hall–Kier alpha value is -2.54. The molecule has 1 amide bonds. The first-order valence-corrected chi connectivity index (χ1v) is 8.40. The number of hydrogen-bond acceptors (Lipinski definition) is 4. The number of benzene rings is 1. The molecule has 0 saturated heterocycles. The Labute approximate surface area is 151 Å². The van der Waals surface area contributed by atoms with Crippen LogP contribution < -0.4 is 10.9 Å². The summed E-state index contributed by atoms with van der Waals surface area (Å²) in [5.74, 6) is -0.588. The van der Waals surface area contributed by atoms with E-state index in [-0.39, 0.29) is 31.3 Å². The molecule has 1 aromatic heterocycles. The van der Waals surface area contributed by atoms with E-state index < -0.39 is 16.9 Å². The molecule has 0 aliphatic rings. The summed E-state index contributed by atoms with van der Waals surface area (Å²) >= 11 is 0. The van der Waals surface area contributed by atoms with Gasteiger partial charge in [-0.3, -0.25) is 14.2 Å². The van der Waals surface area contributed by atoms with Crippen LogP contribution in [0, 0.1) is 12.7 Å². The fourth-order valence-corrected chi connectivity index (χ4v) is 2.70. The number of hydrogen-bond donors (Lipinski definition) is 2. The van der Waals surface area contributed by atoms with Crippen LogP contribution in [0.1, 0.15) is 32.0 Å². The van der Waals surface area contributed by atoms with E-state index >= 15 is 0 Å². The molecule has 7 heteroatoms. The van der Waals surface area contributed by atoms with E-state index in [2.05, 4.69) is 10.3 Å². The molecule has 0 spiro atoms. The van der Waals surface area contributed by atoms with Crippen LogP contribution in [-0.4, -0.2) is 32.7 Å². The Morgan fingerprint density at radius 1 is 1.35 bits per heavy atom. The lowest BCUT2D eigenvalue weighted by molar-refractivity contribution is -0.123. The van der Waals surface area contributed by atoms with Crippen LogP contribution in [0.15, 0.2) is 29.1 Å². The van der Waals surface area contributed by atoms with Gasteiger partial charge in [0, 0.05) is 35.4 Å². The average Bonchev–Trinajstić information content (AvgIpc) is 2.52. The van der Waals surface area contributed by atoms with E-state index in [4.69, 9.17) is 0 Å². The summed E-state index contributed by atoms with van der Waals surface area (Å²) in [5.41, 5.74) is 0.345. The highest BCUT2D eigenvalue weighted by atomic mass is 19.1. The van der Waals surface area contributed by atoms with Crippen LogP contribution in [-0.2, 0) is 17.8 Å². The molecule has 0 aliphatic carbocycles. The Kier molecular flexibility index (Phi) is 5.92. The quantitative estimate of drug-likeness (QED) is 0.851. The molecule has 1 heterocycles. The van der Waals surface area contributed by atoms with Gasteiger partial charge in [0.25, 0.3) is 5.56 Å². The number of nitrogens with zero attached hydrogens (tertiary/aromatic N) is 2. The average molecular weight is 361 g/mol. The van der Waals surface area contributed by atoms with Gasteiger partial charge in [-0.05, 0) is 39.8 Å². The Morgan fingerprint density at radius 2 is 2.04 bits per heavy atom. The van der Waals surface area contributed by atoms with Crippen molar-refractivity contribution in [1.82, 2.24) is 14.9 Å². The summed E-state index contributed by atoms with van der Waals surface area (Å²) in [6, 6.07) is 5.72. The minimum atomic E-state index is -0.459. The second kappa shape index (κ2) is 7.78. The second-order valence-corrected chi connectivity index (χ2v) is 7.17. The number of aryl methyl sites for hydroxylation is 1. The van der Waals surface area contributed by atoms with Gasteiger partial charge in [0.15, 0.2) is 0 Å². The lowest BCUT2D eigenvalue weighted by Crippen LogP contribution is -2.44. The van der Waals surface area contributed by atoms with Crippen LogP contribution >= 0.6 is 0 Å². The van der Waals surface area contributed by atoms with E-state index in [0.29, 0.717) is 16.8 Å². The van der Waals surface area contributed by atoms with Gasteiger partial charge in [-0.15, -0.1) is 0 Å². The molecule has 6 nitrogen and oxygen atoms in total. The van der Waals surface area contributed by atoms with Crippen molar-refractivity contribution in [2.75, 3.05) is 6.61 Å². The first-order valence-electron chi connectivity index (χ1n) is 8.40. The molecule has 0 saturated carbocycles. The number of aliphatic hydroxyl groups excluding tert-OH is 1. The predicted octanol–water partition coefficient (Wildman–Crippen LogP) is 1.81. The van der Waals surface area contributed by atoms with Gasteiger partial charge < -0.3 is 10.4 Å². The molecule has 2 N–H and O–H groups in total. The molecule has 2 rings (SSSR count). The van der Waals surface area contributed by atoms with E-state index in [9.17, 15) is 19.1 Å². The lowest BCUT2D eigenvalue weighted by Gasteiger charge is -2.22. The fraction of sp³-hybridized carbons (Fsp3) is 0.421. The fourth-order valence-electron chi connectivity index (χ4n) is 2.70. The van der Waals surface area contributed by atoms with Crippen molar-refractivity contribution in [1.29, 1.82) is 0 Å². The monoisotopic (exact) mass is 361 g/mol. The van der Waals surface area contributed by atoms with Crippen molar-refractivity contribution in [2.45, 2.75) is 46.2 Å². The highest BCUT2D eigenvalue weighted by Gasteiger charge is 2.20. The van der Waals surface area contributed by atoms with Crippen LogP contribution in [0.5, 0.6) is 0 Å². The smallest absolute Gasteiger partial charge is 0.257 e. The van der Waals surface area contributed by atoms with Crippen LogP contribution in [0.25, 0.3) is 11.4 Å². The highest BCUT2D eigenvalue weighted by Crippen LogP contribution is 2.19. The standard InChI is InChI=1S/C19H24FN3O3/c1-12-15(8-9-24)18(26)23(11-16(25)22-19(2,3)4)17(21-12)13-6-5-7-14(20)10-13/h5-7,10,24H,8-9,11H2,1-4H3,(H,22,25). The third kappa shape index (κ3) is 4.76. The zero-order valence-electron chi connectivity index (χ0n) is 15.5. The zero-order valence-corrected chi connectivity index (χ0v) is 15.5. The predicted molar refractivity (Wildman–Crippen MR) is 97.3 cm³/mol. The van der Waals surface area contributed by atoms with Gasteiger partial charge >= 0.3 is 0 Å². The van der Waals surface area contributed by atoms with Crippen molar-refractivity contribution in [3.05, 3.63) is 51.7 Å². The largest absolute Gasteiger partial charge is 0.396 e. The zero-order chi connectivity index (χ0) is 19.5. The maximum Gasteiger partial charge on any atom is 0.257 e. The number of aliphatic hydroxyl groups is 1. The van der Waals surface area contributed by atoms with Gasteiger partial charge in [0.1, 0.15) is 18.2 Å². The summed E-state index contributed by atoms with van der Waals surface area (Å²) in [5, 5.41) is 12.0. The summed E-state index contributed by atoms with van der Waals surface area (Å²) in [6.07, 6.45) is 0.141. The molecular formula is C19H24FN3O3. The molecule has 0 unspecified atom stereocenters. The first-order chi connectivity index (χ1) is 12.1. The van der Waals surface area contributed by atoms with Crippen molar-refractivity contribution in [3.8, 4) is 11.4 Å². The number of carbonyl (C=O) groups excluding carboxylic acids is 1. The van der Waals surface area contributed by atoms with Gasteiger partial charge in [-0.2, -0.15) is 0 Å². The van der Waals surface area contributed by atoms with E-state index in [1.165, 1.54) is 22.8 Å². The molecule has 26 heavy (non-hydrogen) atoms. The maximum absolute atomic E-state index is 13.6. The van der Waals surface area contributed by atoms with E-state index in [1.54, 1.807) is 13.0 Å². The maximum atomic E-state index is 13.6. The summed E-state index contributed by atoms with van der Waals surface area (Å²) in [6.45, 7) is 6.73. The number of carbonyl (C=O) groups is 1. The first kappa shape index (κ1) is 19.8. The van der Waals surface area contributed by atoms with Crippen molar-refractivity contribution in [2.24, 2.45) is 0 Å². The van der Waals surface area contributed by atoms with E-state index in [0.717, 1.165) is 0 Å². The Bertz CT molecular complexity index is 869. The summed E-state index contributed by atoms with van der Waals surface area (Å²) in [7, 11) is 0. The van der Waals surface area contributed by atoms with Crippen molar-refractivity contribution >= 4 is 5.91 Å². The molecule has 1 aromatic carbocycles. The summed E-state index contributed by atoms with van der Waals surface area (Å²) in [4.78, 5) is 29.7. The number of amides is 1. The van der Waals surface area contributed by atoms with Crippen LogP contribution in [0.2, 0.25) is 0 Å². The van der Waals surface area contributed by atoms with Crippen molar-refractivity contribution in [3.63, 3.8) is 0 Å². The number of nitrogens with one attached hydrogen (secondary N) is 1. The molecule has 0 aliphatic heterocycles.